The van der Waals surface area contributed by atoms with Gasteiger partial charge < -0.3 is 15.2 Å². The SMILES string of the molecule is O=C(O)COc1ccc(CCNC(=O)c2ccc(CCC(F)(F)F)cc2)cc1. The molecular weight excluding hydrogens is 375 g/mol. The molecule has 0 atom stereocenters. The molecule has 0 bridgehead atoms. The number of nitrogens with one attached hydrogen (secondary N) is 1. The zero-order valence-electron chi connectivity index (χ0n) is 15.0. The van der Waals surface area contributed by atoms with Crippen molar-refractivity contribution in [3.8, 4) is 5.75 Å². The van der Waals surface area contributed by atoms with Crippen molar-refractivity contribution in [2.24, 2.45) is 0 Å². The fourth-order valence-electron chi connectivity index (χ4n) is 2.43. The molecule has 8 heteroatoms. The van der Waals surface area contributed by atoms with Crippen LogP contribution in [0.1, 0.15) is 27.9 Å². The first-order valence-electron chi connectivity index (χ1n) is 8.60. The maximum Gasteiger partial charge on any atom is 0.389 e. The predicted octanol–water partition coefficient (Wildman–Crippen LogP) is 3.62. The maximum atomic E-state index is 12.2. The van der Waals surface area contributed by atoms with E-state index in [4.69, 9.17) is 9.84 Å². The molecule has 0 heterocycles. The molecule has 150 valence electrons. The number of carbonyl (C=O) groups excluding carboxylic acids is 1. The van der Waals surface area contributed by atoms with E-state index in [1.165, 1.54) is 24.3 Å². The highest BCUT2D eigenvalue weighted by Crippen LogP contribution is 2.22. The Morgan fingerprint density at radius 2 is 1.50 bits per heavy atom. The van der Waals surface area contributed by atoms with E-state index >= 15 is 0 Å². The van der Waals surface area contributed by atoms with Crippen LogP contribution in [0.3, 0.4) is 0 Å². The van der Waals surface area contributed by atoms with Gasteiger partial charge >= 0.3 is 12.1 Å². The van der Waals surface area contributed by atoms with Crippen LogP contribution in [0.5, 0.6) is 5.75 Å². The summed E-state index contributed by atoms with van der Waals surface area (Å²) in [6.45, 7) is -0.0333. The van der Waals surface area contributed by atoms with Gasteiger partial charge in [-0.25, -0.2) is 4.79 Å². The Hall–Kier alpha value is -3.03. The third-order valence-electron chi connectivity index (χ3n) is 3.90. The van der Waals surface area contributed by atoms with E-state index in [9.17, 15) is 22.8 Å². The van der Waals surface area contributed by atoms with Crippen molar-refractivity contribution < 1.29 is 32.6 Å². The van der Waals surface area contributed by atoms with Crippen molar-refractivity contribution in [2.45, 2.75) is 25.4 Å². The maximum absolute atomic E-state index is 12.2. The van der Waals surface area contributed by atoms with Crippen LogP contribution < -0.4 is 10.1 Å². The summed E-state index contributed by atoms with van der Waals surface area (Å²) in [5, 5.41) is 11.3. The number of aryl methyl sites for hydroxylation is 1. The Bertz CT molecular complexity index is 787. The summed E-state index contributed by atoms with van der Waals surface area (Å²) in [4.78, 5) is 22.5. The second kappa shape index (κ2) is 9.77. The number of carboxylic acids is 1. The number of carbonyl (C=O) groups is 2. The first kappa shape index (κ1) is 21.3. The third kappa shape index (κ3) is 7.69. The summed E-state index contributed by atoms with van der Waals surface area (Å²) >= 11 is 0. The zero-order valence-corrected chi connectivity index (χ0v) is 15.0. The highest BCUT2D eigenvalue weighted by atomic mass is 19.4. The lowest BCUT2D eigenvalue weighted by Crippen LogP contribution is -2.25. The molecule has 0 aromatic heterocycles. The summed E-state index contributed by atoms with van der Waals surface area (Å²) in [5.74, 6) is -0.912. The van der Waals surface area contributed by atoms with Crippen molar-refractivity contribution in [3.05, 3.63) is 65.2 Å². The van der Waals surface area contributed by atoms with E-state index in [1.807, 2.05) is 0 Å². The number of amides is 1. The Morgan fingerprint density at radius 1 is 0.929 bits per heavy atom. The van der Waals surface area contributed by atoms with Crippen LogP contribution in [-0.2, 0) is 17.6 Å². The van der Waals surface area contributed by atoms with Gasteiger partial charge in [-0.2, -0.15) is 13.2 Å². The highest BCUT2D eigenvalue weighted by molar-refractivity contribution is 5.94. The normalized spacial score (nSPS) is 11.1. The molecule has 0 saturated carbocycles. The molecule has 2 N–H and O–H groups in total. The first-order chi connectivity index (χ1) is 13.2. The molecule has 2 aromatic carbocycles. The van der Waals surface area contributed by atoms with Gasteiger partial charge in [0.1, 0.15) is 5.75 Å². The molecule has 0 aliphatic rings. The molecule has 0 aliphatic heterocycles. The largest absolute Gasteiger partial charge is 0.482 e. The predicted molar refractivity (Wildman–Crippen MR) is 96.4 cm³/mol. The van der Waals surface area contributed by atoms with Gasteiger partial charge in [-0.3, -0.25) is 4.79 Å². The van der Waals surface area contributed by atoms with Gasteiger partial charge in [0, 0.05) is 18.5 Å². The van der Waals surface area contributed by atoms with Gasteiger partial charge in [0.05, 0.1) is 0 Å². The summed E-state index contributed by atoms with van der Waals surface area (Å²) in [6, 6.07) is 12.9. The van der Waals surface area contributed by atoms with E-state index in [0.29, 0.717) is 29.8 Å². The van der Waals surface area contributed by atoms with Gasteiger partial charge in [-0.05, 0) is 48.2 Å². The second-order valence-corrected chi connectivity index (χ2v) is 6.14. The number of aliphatic carboxylic acids is 1. The molecule has 2 rings (SSSR count). The molecule has 2 aromatic rings. The highest BCUT2D eigenvalue weighted by Gasteiger charge is 2.26. The van der Waals surface area contributed by atoms with Crippen molar-refractivity contribution in [1.82, 2.24) is 5.32 Å². The molecule has 0 aliphatic carbocycles. The number of halogens is 3. The average molecular weight is 395 g/mol. The molecule has 0 unspecified atom stereocenters. The van der Waals surface area contributed by atoms with E-state index < -0.39 is 25.2 Å². The summed E-state index contributed by atoms with van der Waals surface area (Å²) in [7, 11) is 0. The lowest BCUT2D eigenvalue weighted by atomic mass is 10.1. The minimum atomic E-state index is -4.20. The van der Waals surface area contributed by atoms with Crippen molar-refractivity contribution in [1.29, 1.82) is 0 Å². The van der Waals surface area contributed by atoms with Crippen LogP contribution in [-0.4, -0.2) is 36.3 Å². The Kier molecular flexibility index (Phi) is 7.43. The Labute approximate surface area is 160 Å². The number of carboxylic acid groups (broad SMARTS) is 1. The minimum Gasteiger partial charge on any atom is -0.482 e. The summed E-state index contributed by atoms with van der Waals surface area (Å²) in [5.41, 5.74) is 1.85. The van der Waals surface area contributed by atoms with Crippen LogP contribution in [0.2, 0.25) is 0 Å². The molecule has 28 heavy (non-hydrogen) atoms. The van der Waals surface area contributed by atoms with Gasteiger partial charge in [-0.15, -0.1) is 0 Å². The van der Waals surface area contributed by atoms with Gasteiger partial charge in [0.2, 0.25) is 0 Å². The summed E-state index contributed by atoms with van der Waals surface area (Å²) < 4.78 is 41.7. The van der Waals surface area contributed by atoms with Crippen LogP contribution in [0.25, 0.3) is 0 Å². The third-order valence-corrected chi connectivity index (χ3v) is 3.90. The van der Waals surface area contributed by atoms with Crippen LogP contribution in [0.15, 0.2) is 48.5 Å². The lowest BCUT2D eigenvalue weighted by molar-refractivity contribution is -0.139. The molecule has 0 fully saturated rings. The standard InChI is InChI=1S/C20H20F3NO4/c21-20(22,23)11-9-14-1-5-16(6-2-14)19(27)24-12-10-15-3-7-17(8-4-15)28-13-18(25)26/h1-8H,9-13H2,(H,24,27)(H,25,26). The molecule has 5 nitrogen and oxygen atoms in total. The lowest BCUT2D eigenvalue weighted by Gasteiger charge is -2.08. The minimum absolute atomic E-state index is 0.114. The van der Waals surface area contributed by atoms with E-state index in [1.54, 1.807) is 24.3 Å². The van der Waals surface area contributed by atoms with E-state index in [-0.39, 0.29) is 12.3 Å². The van der Waals surface area contributed by atoms with Gasteiger partial charge in [0.15, 0.2) is 6.61 Å². The zero-order chi connectivity index (χ0) is 20.6. The second-order valence-electron chi connectivity index (χ2n) is 6.14. The smallest absolute Gasteiger partial charge is 0.389 e. The Balaban J connectivity index is 1.76. The fourth-order valence-corrected chi connectivity index (χ4v) is 2.43. The van der Waals surface area contributed by atoms with Crippen molar-refractivity contribution >= 4 is 11.9 Å². The number of alkyl halides is 3. The monoisotopic (exact) mass is 395 g/mol. The van der Waals surface area contributed by atoms with E-state index in [2.05, 4.69) is 5.32 Å². The number of hydrogen-bond donors (Lipinski definition) is 2. The average Bonchev–Trinajstić information content (AvgIpc) is 2.65. The number of hydrogen-bond acceptors (Lipinski definition) is 3. The van der Waals surface area contributed by atoms with E-state index in [0.717, 1.165) is 5.56 Å². The Morgan fingerprint density at radius 3 is 2.07 bits per heavy atom. The molecule has 0 spiro atoms. The summed E-state index contributed by atoms with van der Waals surface area (Å²) in [6.07, 6.45) is -4.64. The first-order valence-corrected chi connectivity index (χ1v) is 8.60. The van der Waals surface area contributed by atoms with Crippen molar-refractivity contribution in [2.75, 3.05) is 13.2 Å². The quantitative estimate of drug-likeness (QED) is 0.680. The molecule has 1 amide bonds. The fraction of sp³-hybridized carbons (Fsp3) is 0.300. The van der Waals surface area contributed by atoms with Crippen LogP contribution >= 0.6 is 0 Å². The van der Waals surface area contributed by atoms with Crippen LogP contribution in [0, 0.1) is 0 Å². The van der Waals surface area contributed by atoms with Crippen molar-refractivity contribution in [3.63, 3.8) is 0 Å². The molecular formula is C20H20F3NO4. The topological polar surface area (TPSA) is 75.6 Å². The number of ether oxygens (including phenoxy) is 1. The molecule has 0 saturated heterocycles. The number of rotatable bonds is 9. The van der Waals surface area contributed by atoms with Gasteiger partial charge in [0.25, 0.3) is 5.91 Å². The molecule has 0 radical (unpaired) electrons. The van der Waals surface area contributed by atoms with Gasteiger partial charge in [-0.1, -0.05) is 24.3 Å². The van der Waals surface area contributed by atoms with Crippen LogP contribution in [0.4, 0.5) is 13.2 Å². The number of benzene rings is 2.